The van der Waals surface area contributed by atoms with Gasteiger partial charge >= 0.3 is 5.97 Å². The third-order valence-electron chi connectivity index (χ3n) is 2.00. The van der Waals surface area contributed by atoms with Crippen molar-refractivity contribution in [2.75, 3.05) is 0 Å². The summed E-state index contributed by atoms with van der Waals surface area (Å²) in [6.45, 7) is 1.85. The Labute approximate surface area is 103 Å². The van der Waals surface area contributed by atoms with E-state index in [4.69, 9.17) is 5.11 Å². The van der Waals surface area contributed by atoms with Crippen LogP contribution in [0.25, 0.3) is 11.0 Å². The van der Waals surface area contributed by atoms with Crippen LogP contribution in [0.5, 0.6) is 0 Å². The molecule has 0 spiro atoms. The fourth-order valence-corrected chi connectivity index (χ4v) is 1.40. The van der Waals surface area contributed by atoms with Gasteiger partial charge in [-0.2, -0.15) is 0 Å². The molecule has 67 valence electrons. The molecule has 0 fully saturated rings. The van der Waals surface area contributed by atoms with Crippen molar-refractivity contribution in [2.45, 2.75) is 6.92 Å². The van der Waals surface area contributed by atoms with E-state index in [1.165, 1.54) is 12.3 Å². The van der Waals surface area contributed by atoms with Gasteiger partial charge in [0.15, 0.2) is 0 Å². The van der Waals surface area contributed by atoms with E-state index in [2.05, 4.69) is 9.97 Å². The molecule has 14 heavy (non-hydrogen) atoms. The number of carbonyl (C=O) groups is 1. The average Bonchev–Trinajstić information content (AvgIpc) is 2.48. The molecule has 0 aliphatic rings. The normalized spacial score (nSPS) is 9.79. The maximum atomic E-state index is 10.8. The number of aromatic carboxylic acids is 1. The number of aromatic nitrogens is 2. The van der Waals surface area contributed by atoms with Crippen LogP contribution in [0, 0.1) is 6.92 Å². The summed E-state index contributed by atoms with van der Waals surface area (Å²) in [7, 11) is 0. The minimum Gasteiger partial charge on any atom is -0.478 e. The molecule has 5 heteroatoms. The molecular weight excluding hydrogens is 191 g/mol. The van der Waals surface area contributed by atoms with Crippen LogP contribution in [0.15, 0.2) is 18.5 Å². The molecule has 2 N–H and O–H groups in total. The summed E-state index contributed by atoms with van der Waals surface area (Å²) in [6.07, 6.45) is 3.24. The molecule has 0 aromatic carbocycles. The monoisotopic (exact) mass is 199 g/mol. The number of nitrogens with one attached hydrogen (secondary N) is 1. The van der Waals surface area contributed by atoms with Gasteiger partial charge in [-0.15, -0.1) is 0 Å². The average molecular weight is 199 g/mol. The smallest absolute Gasteiger partial charge is 0.336 e. The fraction of sp³-hybridized carbons (Fsp3) is 0.111. The first-order chi connectivity index (χ1) is 6.20. The standard InChI is InChI=1S/C9H8N2O2.Na/c1-5-4-11-8-7(5)6(9(12)13)2-3-10-8;/h2-4H,1H3,(H,10,11)(H,12,13);. The van der Waals surface area contributed by atoms with Crippen molar-refractivity contribution >= 4 is 46.6 Å². The van der Waals surface area contributed by atoms with E-state index in [0.717, 1.165) is 5.56 Å². The van der Waals surface area contributed by atoms with Crippen LogP contribution in [0.3, 0.4) is 0 Å². The molecule has 0 atom stereocenters. The third-order valence-corrected chi connectivity index (χ3v) is 2.00. The number of hydrogen-bond acceptors (Lipinski definition) is 2. The molecule has 0 saturated heterocycles. The van der Waals surface area contributed by atoms with Gasteiger partial charge in [0, 0.05) is 47.3 Å². The predicted molar refractivity (Wildman–Crippen MR) is 53.5 cm³/mol. The van der Waals surface area contributed by atoms with Crippen LogP contribution in [0.4, 0.5) is 0 Å². The van der Waals surface area contributed by atoms with Gasteiger partial charge in [0.05, 0.1) is 5.56 Å². The number of pyridine rings is 1. The van der Waals surface area contributed by atoms with Crippen molar-refractivity contribution in [1.29, 1.82) is 0 Å². The number of carboxylic acids is 1. The van der Waals surface area contributed by atoms with Crippen molar-refractivity contribution in [2.24, 2.45) is 0 Å². The van der Waals surface area contributed by atoms with Crippen LogP contribution in [0.2, 0.25) is 0 Å². The number of aryl methyl sites for hydroxylation is 1. The Kier molecular flexibility index (Phi) is 3.31. The molecule has 0 unspecified atom stereocenters. The molecule has 2 rings (SSSR count). The Morgan fingerprint density at radius 1 is 1.57 bits per heavy atom. The van der Waals surface area contributed by atoms with E-state index in [-0.39, 0.29) is 29.6 Å². The number of aromatic amines is 1. The summed E-state index contributed by atoms with van der Waals surface area (Å²) in [5, 5.41) is 9.57. The maximum Gasteiger partial charge on any atom is 0.336 e. The molecule has 2 heterocycles. The van der Waals surface area contributed by atoms with Crippen molar-refractivity contribution in [3.8, 4) is 0 Å². The quantitative estimate of drug-likeness (QED) is 0.678. The summed E-state index contributed by atoms with van der Waals surface area (Å²) in [6, 6.07) is 1.51. The number of rotatable bonds is 1. The predicted octanol–water partition coefficient (Wildman–Crippen LogP) is 1.19. The Hall–Kier alpha value is -0.840. The Bertz CT molecular complexity index is 479. The van der Waals surface area contributed by atoms with Gasteiger partial charge in [-0.3, -0.25) is 0 Å². The second-order valence-corrected chi connectivity index (χ2v) is 2.86. The van der Waals surface area contributed by atoms with Gasteiger partial charge in [-0.05, 0) is 18.6 Å². The first-order valence-electron chi connectivity index (χ1n) is 3.86. The minimum atomic E-state index is -0.921. The fourth-order valence-electron chi connectivity index (χ4n) is 1.40. The number of fused-ring (bicyclic) bond motifs is 1. The zero-order chi connectivity index (χ0) is 9.42. The van der Waals surface area contributed by atoms with Gasteiger partial charge < -0.3 is 10.1 Å². The number of carboxylic acid groups (broad SMARTS) is 1. The van der Waals surface area contributed by atoms with E-state index in [1.54, 1.807) is 6.20 Å². The largest absolute Gasteiger partial charge is 0.478 e. The van der Waals surface area contributed by atoms with E-state index < -0.39 is 5.97 Å². The van der Waals surface area contributed by atoms with Gasteiger partial charge in [-0.1, -0.05) is 0 Å². The summed E-state index contributed by atoms with van der Waals surface area (Å²) in [4.78, 5) is 17.8. The summed E-state index contributed by atoms with van der Waals surface area (Å²) >= 11 is 0. The number of H-pyrrole nitrogens is 1. The van der Waals surface area contributed by atoms with E-state index in [9.17, 15) is 4.79 Å². The first kappa shape index (κ1) is 11.2. The van der Waals surface area contributed by atoms with Crippen molar-refractivity contribution in [1.82, 2.24) is 9.97 Å². The Balaban J connectivity index is 0.000000980. The molecule has 2 aromatic heterocycles. The summed E-state index contributed by atoms with van der Waals surface area (Å²) < 4.78 is 0. The maximum absolute atomic E-state index is 10.8. The molecule has 0 aliphatic carbocycles. The van der Waals surface area contributed by atoms with Crippen LogP contribution in [-0.2, 0) is 0 Å². The zero-order valence-electron chi connectivity index (χ0n) is 8.03. The van der Waals surface area contributed by atoms with E-state index in [0.29, 0.717) is 16.6 Å². The molecule has 0 amide bonds. The third kappa shape index (κ3) is 1.68. The minimum absolute atomic E-state index is 0. The zero-order valence-corrected chi connectivity index (χ0v) is 10.0. The molecule has 2 aromatic rings. The second kappa shape index (κ2) is 4.13. The first-order valence-corrected chi connectivity index (χ1v) is 3.86. The van der Waals surface area contributed by atoms with Crippen molar-refractivity contribution in [3.63, 3.8) is 0 Å². The van der Waals surface area contributed by atoms with E-state index in [1.807, 2.05) is 6.92 Å². The molecule has 0 bridgehead atoms. The molecule has 1 radical (unpaired) electrons. The van der Waals surface area contributed by atoms with Gasteiger partial charge in [0.25, 0.3) is 0 Å². The SMILES string of the molecule is Cc1c[nH]c2nccc(C(=O)O)c12.[Na]. The summed E-state index contributed by atoms with van der Waals surface area (Å²) in [5.74, 6) is -0.921. The molecule has 0 aliphatic heterocycles. The van der Waals surface area contributed by atoms with Crippen LogP contribution in [-0.4, -0.2) is 50.6 Å². The topological polar surface area (TPSA) is 66.0 Å². The Morgan fingerprint density at radius 3 is 2.93 bits per heavy atom. The second-order valence-electron chi connectivity index (χ2n) is 2.86. The van der Waals surface area contributed by atoms with Gasteiger partial charge in [-0.25, -0.2) is 9.78 Å². The van der Waals surface area contributed by atoms with E-state index >= 15 is 0 Å². The van der Waals surface area contributed by atoms with Crippen LogP contribution in [0.1, 0.15) is 15.9 Å². The van der Waals surface area contributed by atoms with Crippen molar-refractivity contribution < 1.29 is 9.90 Å². The van der Waals surface area contributed by atoms with Gasteiger partial charge in [0.1, 0.15) is 5.65 Å². The number of nitrogens with zero attached hydrogens (tertiary/aromatic N) is 1. The Morgan fingerprint density at radius 2 is 2.29 bits per heavy atom. The summed E-state index contributed by atoms with van der Waals surface area (Å²) in [5.41, 5.74) is 1.82. The van der Waals surface area contributed by atoms with Crippen LogP contribution >= 0.6 is 0 Å². The molecular formula is C9H8N2NaO2. The van der Waals surface area contributed by atoms with Crippen molar-refractivity contribution in [3.05, 3.63) is 29.6 Å². The molecule has 4 nitrogen and oxygen atoms in total. The van der Waals surface area contributed by atoms with Crippen LogP contribution < -0.4 is 0 Å². The molecule has 0 saturated carbocycles. The van der Waals surface area contributed by atoms with Gasteiger partial charge in [0.2, 0.25) is 0 Å². The number of hydrogen-bond donors (Lipinski definition) is 2.